The van der Waals surface area contributed by atoms with Crippen LogP contribution in [-0.2, 0) is 11.3 Å². The molecular formula is C16H24Cl2N2O. The molecule has 21 heavy (non-hydrogen) atoms. The van der Waals surface area contributed by atoms with E-state index in [2.05, 4.69) is 0 Å². The van der Waals surface area contributed by atoms with Crippen LogP contribution < -0.4 is 5.73 Å². The van der Waals surface area contributed by atoms with Gasteiger partial charge >= 0.3 is 0 Å². The first-order valence-electron chi connectivity index (χ1n) is 7.31. The van der Waals surface area contributed by atoms with Gasteiger partial charge in [0.05, 0.1) is 0 Å². The molecule has 0 heterocycles. The van der Waals surface area contributed by atoms with Crippen molar-refractivity contribution in [1.82, 2.24) is 4.90 Å². The van der Waals surface area contributed by atoms with Gasteiger partial charge in [-0.15, -0.1) is 12.4 Å². The van der Waals surface area contributed by atoms with Gasteiger partial charge in [0.1, 0.15) is 0 Å². The van der Waals surface area contributed by atoms with Crippen molar-refractivity contribution in [1.29, 1.82) is 0 Å². The summed E-state index contributed by atoms with van der Waals surface area (Å²) in [7, 11) is 1.83. The van der Waals surface area contributed by atoms with Crippen molar-refractivity contribution in [3.63, 3.8) is 0 Å². The van der Waals surface area contributed by atoms with E-state index in [4.69, 9.17) is 17.3 Å². The molecule has 0 radical (unpaired) electrons. The third-order valence-corrected chi connectivity index (χ3v) is 4.56. The van der Waals surface area contributed by atoms with Crippen LogP contribution in [0.2, 0.25) is 5.02 Å². The lowest BCUT2D eigenvalue weighted by Crippen LogP contribution is -2.37. The topological polar surface area (TPSA) is 46.3 Å². The van der Waals surface area contributed by atoms with Crippen LogP contribution in [0.4, 0.5) is 0 Å². The van der Waals surface area contributed by atoms with Crippen LogP contribution in [0.3, 0.4) is 0 Å². The zero-order valence-corrected chi connectivity index (χ0v) is 14.0. The maximum Gasteiger partial charge on any atom is 0.222 e. The number of nitrogens with two attached hydrogens (primary N) is 1. The average Bonchev–Trinajstić information content (AvgIpc) is 2.43. The molecule has 0 spiro atoms. The Balaban J connectivity index is 0.00000220. The summed E-state index contributed by atoms with van der Waals surface area (Å²) in [4.78, 5) is 14.1. The molecule has 1 aliphatic carbocycles. The quantitative estimate of drug-likeness (QED) is 0.916. The highest BCUT2D eigenvalue weighted by molar-refractivity contribution is 6.31. The predicted octanol–water partition coefficient (Wildman–Crippen LogP) is 3.63. The third-order valence-electron chi connectivity index (χ3n) is 4.20. The van der Waals surface area contributed by atoms with Crippen molar-refractivity contribution in [3.05, 3.63) is 34.9 Å². The third kappa shape index (κ3) is 5.17. The molecule has 5 heteroatoms. The predicted molar refractivity (Wildman–Crippen MR) is 89.7 cm³/mol. The maximum absolute atomic E-state index is 12.3. The van der Waals surface area contributed by atoms with Crippen LogP contribution in [-0.4, -0.2) is 23.9 Å². The van der Waals surface area contributed by atoms with Crippen LogP contribution in [0.15, 0.2) is 24.3 Å². The van der Waals surface area contributed by atoms with E-state index in [0.29, 0.717) is 23.9 Å². The van der Waals surface area contributed by atoms with Crippen molar-refractivity contribution in [2.45, 2.75) is 44.7 Å². The van der Waals surface area contributed by atoms with Crippen molar-refractivity contribution < 1.29 is 4.79 Å². The van der Waals surface area contributed by atoms with Crippen molar-refractivity contribution in [2.24, 2.45) is 11.7 Å². The molecule has 2 N–H and O–H groups in total. The molecule has 2 rings (SSSR count). The average molecular weight is 331 g/mol. The Morgan fingerprint density at radius 3 is 2.67 bits per heavy atom. The maximum atomic E-state index is 12.3. The van der Waals surface area contributed by atoms with Crippen LogP contribution in [0.25, 0.3) is 0 Å². The number of hydrogen-bond donors (Lipinski definition) is 1. The summed E-state index contributed by atoms with van der Waals surface area (Å²) < 4.78 is 0. The van der Waals surface area contributed by atoms with Gasteiger partial charge in [0.25, 0.3) is 0 Å². The number of rotatable bonds is 4. The van der Waals surface area contributed by atoms with E-state index in [1.807, 2.05) is 31.3 Å². The molecule has 1 amide bonds. The molecule has 1 aliphatic rings. The SMILES string of the molecule is CN(Cc1ccccc1Cl)C(=O)CC1CCCCC1N.Cl. The second-order valence-corrected chi connectivity index (χ2v) is 6.16. The van der Waals surface area contributed by atoms with Gasteiger partial charge < -0.3 is 10.6 Å². The van der Waals surface area contributed by atoms with E-state index in [1.165, 1.54) is 12.8 Å². The summed E-state index contributed by atoms with van der Waals surface area (Å²) in [6.07, 6.45) is 5.07. The molecule has 0 saturated heterocycles. The van der Waals surface area contributed by atoms with E-state index < -0.39 is 0 Å². The molecule has 118 valence electrons. The largest absolute Gasteiger partial charge is 0.341 e. The van der Waals surface area contributed by atoms with Gasteiger partial charge in [0.15, 0.2) is 0 Å². The standard InChI is InChI=1S/C16H23ClN2O.ClH/c1-19(11-13-7-2-4-8-14(13)17)16(20)10-12-6-3-5-9-15(12)18;/h2,4,7-8,12,15H,3,5-6,9-11,18H2,1H3;1H. The lowest BCUT2D eigenvalue weighted by molar-refractivity contribution is -0.131. The Hall–Kier alpha value is -0.770. The van der Waals surface area contributed by atoms with Crippen LogP contribution in [0, 0.1) is 5.92 Å². The fourth-order valence-corrected chi connectivity index (χ4v) is 3.04. The molecule has 0 aromatic heterocycles. The van der Waals surface area contributed by atoms with Crippen molar-refractivity contribution in [3.8, 4) is 0 Å². The van der Waals surface area contributed by atoms with Gasteiger partial charge in [-0.25, -0.2) is 0 Å². The lowest BCUT2D eigenvalue weighted by atomic mass is 9.83. The monoisotopic (exact) mass is 330 g/mol. The first kappa shape index (κ1) is 18.3. The molecule has 1 aromatic carbocycles. The number of nitrogens with zero attached hydrogens (tertiary/aromatic N) is 1. The van der Waals surface area contributed by atoms with Crippen LogP contribution >= 0.6 is 24.0 Å². The summed E-state index contributed by atoms with van der Waals surface area (Å²) in [5.74, 6) is 0.497. The number of carbonyl (C=O) groups is 1. The highest BCUT2D eigenvalue weighted by Crippen LogP contribution is 2.26. The smallest absolute Gasteiger partial charge is 0.222 e. The van der Waals surface area contributed by atoms with Gasteiger partial charge in [-0.2, -0.15) is 0 Å². The second kappa shape index (κ2) is 8.62. The Labute approximate surface area is 138 Å². The van der Waals surface area contributed by atoms with Crippen LogP contribution in [0.5, 0.6) is 0 Å². The second-order valence-electron chi connectivity index (χ2n) is 5.75. The molecule has 1 saturated carbocycles. The van der Waals surface area contributed by atoms with Gasteiger partial charge in [0.2, 0.25) is 5.91 Å². The minimum absolute atomic E-state index is 0. The molecule has 0 aliphatic heterocycles. The minimum atomic E-state index is 0. The molecule has 2 atom stereocenters. The van der Waals surface area contributed by atoms with E-state index in [-0.39, 0.29) is 24.4 Å². The first-order chi connectivity index (χ1) is 9.58. The summed E-state index contributed by atoms with van der Waals surface area (Å²) >= 11 is 6.13. The fourth-order valence-electron chi connectivity index (χ4n) is 2.84. The first-order valence-corrected chi connectivity index (χ1v) is 7.68. The zero-order valence-electron chi connectivity index (χ0n) is 12.4. The van der Waals surface area contributed by atoms with E-state index >= 15 is 0 Å². The van der Waals surface area contributed by atoms with Crippen LogP contribution in [0.1, 0.15) is 37.7 Å². The summed E-state index contributed by atoms with van der Waals surface area (Å²) in [6, 6.07) is 7.83. The molecule has 3 nitrogen and oxygen atoms in total. The van der Waals surface area contributed by atoms with Gasteiger partial charge in [-0.1, -0.05) is 42.6 Å². The fraction of sp³-hybridized carbons (Fsp3) is 0.562. The molecule has 0 bridgehead atoms. The normalized spacial score (nSPS) is 21.5. The zero-order chi connectivity index (χ0) is 14.5. The molecular weight excluding hydrogens is 307 g/mol. The summed E-state index contributed by atoms with van der Waals surface area (Å²) in [5.41, 5.74) is 7.10. The van der Waals surface area contributed by atoms with E-state index in [0.717, 1.165) is 18.4 Å². The lowest BCUT2D eigenvalue weighted by Gasteiger charge is -2.29. The van der Waals surface area contributed by atoms with Gasteiger partial charge in [0, 0.05) is 31.1 Å². The van der Waals surface area contributed by atoms with Crippen molar-refractivity contribution in [2.75, 3.05) is 7.05 Å². The highest BCUT2D eigenvalue weighted by atomic mass is 35.5. The van der Waals surface area contributed by atoms with E-state index in [1.54, 1.807) is 4.90 Å². The van der Waals surface area contributed by atoms with E-state index in [9.17, 15) is 4.79 Å². The molecule has 1 aromatic rings. The van der Waals surface area contributed by atoms with Gasteiger partial charge in [-0.3, -0.25) is 4.79 Å². The van der Waals surface area contributed by atoms with Crippen molar-refractivity contribution >= 4 is 29.9 Å². The number of amides is 1. The Morgan fingerprint density at radius 1 is 1.33 bits per heavy atom. The molecule has 1 fully saturated rings. The number of benzene rings is 1. The Bertz CT molecular complexity index is 467. The number of hydrogen-bond acceptors (Lipinski definition) is 2. The molecule has 2 unspecified atom stereocenters. The summed E-state index contributed by atoms with van der Waals surface area (Å²) in [5, 5.41) is 0.710. The summed E-state index contributed by atoms with van der Waals surface area (Å²) in [6.45, 7) is 0.556. The Kier molecular flexibility index (Phi) is 7.50. The number of carbonyl (C=O) groups excluding carboxylic acids is 1. The minimum Gasteiger partial charge on any atom is -0.341 e. The number of halogens is 2. The van der Waals surface area contributed by atoms with Gasteiger partial charge in [-0.05, 0) is 30.4 Å². The Morgan fingerprint density at radius 2 is 2.00 bits per heavy atom. The highest BCUT2D eigenvalue weighted by Gasteiger charge is 2.25.